The Bertz CT molecular complexity index is 817. The van der Waals surface area contributed by atoms with Crippen molar-refractivity contribution in [1.29, 1.82) is 5.26 Å². The number of carbonyl (C=O) groups is 2. The SMILES string of the molecule is N#Cc1ccc(CCC(=O)N2CCC(NC(=O)c3ccccc3)CC2)cc1. The van der Waals surface area contributed by atoms with E-state index < -0.39 is 0 Å². The van der Waals surface area contributed by atoms with Gasteiger partial charge in [-0.3, -0.25) is 9.59 Å². The van der Waals surface area contributed by atoms with Crippen molar-refractivity contribution >= 4 is 11.8 Å². The van der Waals surface area contributed by atoms with Gasteiger partial charge < -0.3 is 10.2 Å². The van der Waals surface area contributed by atoms with Crippen molar-refractivity contribution in [1.82, 2.24) is 10.2 Å². The summed E-state index contributed by atoms with van der Waals surface area (Å²) >= 11 is 0. The van der Waals surface area contributed by atoms with Crippen LogP contribution in [0.15, 0.2) is 54.6 Å². The molecule has 1 saturated heterocycles. The molecule has 0 unspecified atom stereocenters. The van der Waals surface area contributed by atoms with Gasteiger partial charge in [0, 0.05) is 31.1 Å². The maximum Gasteiger partial charge on any atom is 0.251 e. The number of amides is 2. The van der Waals surface area contributed by atoms with Crippen LogP contribution in [0.25, 0.3) is 0 Å². The lowest BCUT2D eigenvalue weighted by molar-refractivity contribution is -0.132. The lowest BCUT2D eigenvalue weighted by atomic mass is 10.0. The van der Waals surface area contributed by atoms with Crippen molar-refractivity contribution < 1.29 is 9.59 Å². The van der Waals surface area contributed by atoms with Crippen molar-refractivity contribution in [3.63, 3.8) is 0 Å². The summed E-state index contributed by atoms with van der Waals surface area (Å²) < 4.78 is 0. The zero-order valence-corrected chi connectivity index (χ0v) is 15.2. The molecule has 0 aliphatic carbocycles. The van der Waals surface area contributed by atoms with E-state index >= 15 is 0 Å². The third kappa shape index (κ3) is 5.18. The Kier molecular flexibility index (Phi) is 6.22. The number of carbonyl (C=O) groups excluding carboxylic acids is 2. The van der Waals surface area contributed by atoms with Gasteiger partial charge in [0.05, 0.1) is 11.6 Å². The summed E-state index contributed by atoms with van der Waals surface area (Å²) in [6, 6.07) is 18.8. The summed E-state index contributed by atoms with van der Waals surface area (Å²) in [5.41, 5.74) is 2.36. The molecule has 2 aromatic rings. The number of rotatable bonds is 5. The molecule has 0 radical (unpaired) electrons. The molecule has 0 saturated carbocycles. The van der Waals surface area contributed by atoms with Gasteiger partial charge in [-0.05, 0) is 49.1 Å². The molecule has 138 valence electrons. The van der Waals surface area contributed by atoms with Crippen molar-refractivity contribution in [3.05, 3.63) is 71.3 Å². The first-order valence-corrected chi connectivity index (χ1v) is 9.28. The van der Waals surface area contributed by atoms with Gasteiger partial charge in [0.1, 0.15) is 0 Å². The van der Waals surface area contributed by atoms with Gasteiger partial charge >= 0.3 is 0 Å². The van der Waals surface area contributed by atoms with Crippen LogP contribution in [0.2, 0.25) is 0 Å². The Morgan fingerprint density at radius 1 is 1.04 bits per heavy atom. The fourth-order valence-electron chi connectivity index (χ4n) is 3.29. The topological polar surface area (TPSA) is 73.2 Å². The Morgan fingerprint density at radius 2 is 1.70 bits per heavy atom. The molecule has 0 aromatic heterocycles. The molecule has 0 atom stereocenters. The van der Waals surface area contributed by atoms with Crippen molar-refractivity contribution in [2.75, 3.05) is 13.1 Å². The second kappa shape index (κ2) is 9.00. The molecule has 5 heteroatoms. The molecule has 1 aliphatic heterocycles. The van der Waals surface area contributed by atoms with Crippen LogP contribution in [-0.4, -0.2) is 35.8 Å². The molecule has 2 amide bonds. The standard InChI is InChI=1S/C22H23N3O2/c23-16-18-8-6-17(7-9-18)10-11-21(26)25-14-12-20(13-15-25)24-22(27)19-4-2-1-3-5-19/h1-9,20H,10-15H2,(H,24,27). The summed E-state index contributed by atoms with van der Waals surface area (Å²) in [5.74, 6) is 0.0911. The summed E-state index contributed by atoms with van der Waals surface area (Å²) in [7, 11) is 0. The Hall–Kier alpha value is -3.13. The normalized spacial score (nSPS) is 14.4. The van der Waals surface area contributed by atoms with E-state index in [-0.39, 0.29) is 17.9 Å². The van der Waals surface area contributed by atoms with Gasteiger partial charge in [-0.2, -0.15) is 5.26 Å². The summed E-state index contributed by atoms with van der Waals surface area (Å²) in [6.45, 7) is 1.35. The van der Waals surface area contributed by atoms with E-state index in [1.165, 1.54) is 0 Å². The predicted molar refractivity (Wildman–Crippen MR) is 103 cm³/mol. The van der Waals surface area contributed by atoms with E-state index in [9.17, 15) is 9.59 Å². The highest BCUT2D eigenvalue weighted by Gasteiger charge is 2.23. The number of likely N-dealkylation sites (tertiary alicyclic amines) is 1. The maximum atomic E-state index is 12.4. The maximum absolute atomic E-state index is 12.4. The first kappa shape index (κ1) is 18.7. The van der Waals surface area contributed by atoms with Crippen LogP contribution in [0.3, 0.4) is 0 Å². The van der Waals surface area contributed by atoms with E-state index in [0.717, 1.165) is 18.4 Å². The molecule has 1 N–H and O–H groups in total. The smallest absolute Gasteiger partial charge is 0.251 e. The van der Waals surface area contributed by atoms with Gasteiger partial charge in [0.2, 0.25) is 5.91 Å². The number of hydrogen-bond acceptors (Lipinski definition) is 3. The number of nitriles is 1. The summed E-state index contributed by atoms with van der Waals surface area (Å²) in [5, 5.41) is 11.9. The highest BCUT2D eigenvalue weighted by molar-refractivity contribution is 5.94. The average Bonchev–Trinajstić information content (AvgIpc) is 2.73. The minimum absolute atomic E-state index is 0.0545. The molecule has 0 bridgehead atoms. The van der Waals surface area contributed by atoms with E-state index in [1.807, 2.05) is 35.2 Å². The third-order valence-corrected chi connectivity index (χ3v) is 4.93. The molecular formula is C22H23N3O2. The lowest BCUT2D eigenvalue weighted by Gasteiger charge is -2.32. The van der Waals surface area contributed by atoms with E-state index in [2.05, 4.69) is 11.4 Å². The quantitative estimate of drug-likeness (QED) is 0.890. The van der Waals surface area contributed by atoms with Crippen LogP contribution in [0.4, 0.5) is 0 Å². The van der Waals surface area contributed by atoms with Gasteiger partial charge in [-0.1, -0.05) is 30.3 Å². The van der Waals surface area contributed by atoms with Crippen LogP contribution in [0, 0.1) is 11.3 Å². The van der Waals surface area contributed by atoms with Crippen LogP contribution < -0.4 is 5.32 Å². The zero-order valence-electron chi connectivity index (χ0n) is 15.2. The van der Waals surface area contributed by atoms with E-state index in [0.29, 0.717) is 37.1 Å². The van der Waals surface area contributed by atoms with E-state index in [1.54, 1.807) is 24.3 Å². The Labute approximate surface area is 159 Å². The van der Waals surface area contributed by atoms with Crippen molar-refractivity contribution in [3.8, 4) is 6.07 Å². The largest absolute Gasteiger partial charge is 0.349 e. The molecule has 1 aliphatic rings. The number of nitrogens with zero attached hydrogens (tertiary/aromatic N) is 2. The molecule has 3 rings (SSSR count). The zero-order chi connectivity index (χ0) is 19.1. The second-order valence-corrected chi connectivity index (χ2v) is 6.80. The monoisotopic (exact) mass is 361 g/mol. The van der Waals surface area contributed by atoms with Crippen molar-refractivity contribution in [2.24, 2.45) is 0 Å². The number of nitrogens with one attached hydrogen (secondary N) is 1. The highest BCUT2D eigenvalue weighted by Crippen LogP contribution is 2.14. The fraction of sp³-hybridized carbons (Fsp3) is 0.318. The Morgan fingerprint density at radius 3 is 2.33 bits per heavy atom. The minimum Gasteiger partial charge on any atom is -0.349 e. The lowest BCUT2D eigenvalue weighted by Crippen LogP contribution is -2.46. The number of hydrogen-bond donors (Lipinski definition) is 1. The molecule has 2 aromatic carbocycles. The molecular weight excluding hydrogens is 338 g/mol. The van der Waals surface area contributed by atoms with E-state index in [4.69, 9.17) is 5.26 Å². The first-order valence-electron chi connectivity index (χ1n) is 9.28. The minimum atomic E-state index is -0.0545. The third-order valence-electron chi connectivity index (χ3n) is 4.93. The first-order chi connectivity index (χ1) is 13.2. The second-order valence-electron chi connectivity index (χ2n) is 6.80. The number of piperidine rings is 1. The molecule has 0 spiro atoms. The predicted octanol–water partition coefficient (Wildman–Crippen LogP) is 2.91. The molecule has 1 fully saturated rings. The van der Waals surface area contributed by atoms with Gasteiger partial charge in [0.25, 0.3) is 5.91 Å². The molecule has 27 heavy (non-hydrogen) atoms. The highest BCUT2D eigenvalue weighted by atomic mass is 16.2. The van der Waals surface area contributed by atoms with Crippen molar-refractivity contribution in [2.45, 2.75) is 31.7 Å². The van der Waals surface area contributed by atoms with Gasteiger partial charge in [-0.15, -0.1) is 0 Å². The Balaban J connectivity index is 1.42. The molecule has 5 nitrogen and oxygen atoms in total. The van der Waals surface area contributed by atoms with Gasteiger partial charge in [0.15, 0.2) is 0 Å². The average molecular weight is 361 g/mol. The number of benzene rings is 2. The molecule has 1 heterocycles. The number of aryl methyl sites for hydroxylation is 1. The fourth-order valence-corrected chi connectivity index (χ4v) is 3.29. The summed E-state index contributed by atoms with van der Waals surface area (Å²) in [6.07, 6.45) is 2.70. The van der Waals surface area contributed by atoms with Crippen LogP contribution in [-0.2, 0) is 11.2 Å². The van der Waals surface area contributed by atoms with Crippen LogP contribution in [0.5, 0.6) is 0 Å². The van der Waals surface area contributed by atoms with Crippen LogP contribution in [0.1, 0.15) is 40.7 Å². The summed E-state index contributed by atoms with van der Waals surface area (Å²) in [4.78, 5) is 26.5. The van der Waals surface area contributed by atoms with Crippen LogP contribution >= 0.6 is 0 Å². The van der Waals surface area contributed by atoms with Gasteiger partial charge in [-0.25, -0.2) is 0 Å².